The molecule has 16 heavy (non-hydrogen) atoms. The van der Waals surface area contributed by atoms with E-state index in [0.29, 0.717) is 10.8 Å². The fourth-order valence-electron chi connectivity index (χ4n) is 2.49. The highest BCUT2D eigenvalue weighted by Gasteiger charge is 2.32. The molecular formula is C13H25NOS. The molecule has 94 valence electrons. The molecule has 1 aliphatic heterocycles. The second-order valence-electron chi connectivity index (χ2n) is 5.46. The van der Waals surface area contributed by atoms with Gasteiger partial charge in [0.05, 0.1) is 0 Å². The van der Waals surface area contributed by atoms with Gasteiger partial charge in [-0.2, -0.15) is 11.8 Å². The minimum absolute atomic E-state index is 0.441. The lowest BCUT2D eigenvalue weighted by molar-refractivity contribution is 0.0765. The average Bonchev–Trinajstić information content (AvgIpc) is 3.12. The minimum atomic E-state index is 0.441. The Bertz CT molecular complexity index is 212. The van der Waals surface area contributed by atoms with Crippen LogP contribution in [0.3, 0.4) is 0 Å². The van der Waals surface area contributed by atoms with Gasteiger partial charge in [-0.1, -0.05) is 12.8 Å². The van der Waals surface area contributed by atoms with Crippen molar-refractivity contribution in [3.63, 3.8) is 0 Å². The van der Waals surface area contributed by atoms with E-state index in [2.05, 4.69) is 18.5 Å². The molecule has 1 saturated heterocycles. The average molecular weight is 243 g/mol. The second-order valence-corrected chi connectivity index (χ2v) is 6.73. The third-order valence-corrected chi connectivity index (χ3v) is 5.41. The summed E-state index contributed by atoms with van der Waals surface area (Å²) in [5.74, 6) is 1.03. The van der Waals surface area contributed by atoms with Crippen molar-refractivity contribution in [3.05, 3.63) is 0 Å². The molecule has 2 fully saturated rings. The fourth-order valence-corrected chi connectivity index (χ4v) is 3.30. The zero-order valence-electron chi connectivity index (χ0n) is 10.6. The Morgan fingerprint density at radius 3 is 2.62 bits per heavy atom. The molecule has 1 saturated carbocycles. The van der Waals surface area contributed by atoms with Gasteiger partial charge in [0.2, 0.25) is 0 Å². The molecule has 0 spiro atoms. The number of ether oxygens (including phenoxy) is 1. The van der Waals surface area contributed by atoms with Crippen molar-refractivity contribution in [2.45, 2.75) is 49.8 Å². The molecule has 0 aromatic heterocycles. The van der Waals surface area contributed by atoms with Crippen LogP contribution in [-0.2, 0) is 4.74 Å². The molecule has 0 radical (unpaired) electrons. The van der Waals surface area contributed by atoms with Gasteiger partial charge in [0, 0.05) is 30.5 Å². The first-order valence-electron chi connectivity index (χ1n) is 6.60. The molecule has 1 N–H and O–H groups in total. The van der Waals surface area contributed by atoms with Gasteiger partial charge in [-0.05, 0) is 38.4 Å². The van der Waals surface area contributed by atoms with Gasteiger partial charge in [0.25, 0.3) is 0 Å². The fraction of sp³-hybridized carbons (Fsp3) is 1.00. The summed E-state index contributed by atoms with van der Waals surface area (Å²) in [6, 6.07) is 0.694. The van der Waals surface area contributed by atoms with E-state index in [4.69, 9.17) is 4.74 Å². The van der Waals surface area contributed by atoms with E-state index >= 15 is 0 Å². The van der Waals surface area contributed by atoms with Gasteiger partial charge in [-0.25, -0.2) is 0 Å². The van der Waals surface area contributed by atoms with E-state index in [1.165, 1.54) is 32.1 Å². The molecule has 0 aromatic carbocycles. The van der Waals surface area contributed by atoms with E-state index in [9.17, 15) is 0 Å². The summed E-state index contributed by atoms with van der Waals surface area (Å²) in [4.78, 5) is 0. The quantitative estimate of drug-likeness (QED) is 0.775. The van der Waals surface area contributed by atoms with Crippen molar-refractivity contribution in [3.8, 4) is 0 Å². The van der Waals surface area contributed by atoms with Crippen LogP contribution in [0, 0.1) is 5.92 Å². The van der Waals surface area contributed by atoms with Crippen LogP contribution in [0.5, 0.6) is 0 Å². The van der Waals surface area contributed by atoms with Crippen molar-refractivity contribution in [2.24, 2.45) is 5.92 Å². The third kappa shape index (κ3) is 3.64. The summed E-state index contributed by atoms with van der Waals surface area (Å²) >= 11 is 2.03. The lowest BCUT2D eigenvalue weighted by Gasteiger charge is -2.36. The van der Waals surface area contributed by atoms with Gasteiger partial charge < -0.3 is 10.1 Å². The van der Waals surface area contributed by atoms with Gasteiger partial charge in [0.15, 0.2) is 0 Å². The zero-order valence-corrected chi connectivity index (χ0v) is 11.4. The Morgan fingerprint density at radius 1 is 1.38 bits per heavy atom. The molecule has 1 heterocycles. The van der Waals surface area contributed by atoms with Crippen molar-refractivity contribution in [1.29, 1.82) is 0 Å². The maximum atomic E-state index is 5.47. The Balaban J connectivity index is 1.72. The van der Waals surface area contributed by atoms with E-state index < -0.39 is 0 Å². The molecule has 2 rings (SSSR count). The molecule has 1 aliphatic carbocycles. The second kappa shape index (κ2) is 5.74. The highest BCUT2D eigenvalue weighted by atomic mass is 32.2. The summed E-state index contributed by atoms with van der Waals surface area (Å²) in [5.41, 5.74) is 0. The summed E-state index contributed by atoms with van der Waals surface area (Å²) in [7, 11) is 0. The van der Waals surface area contributed by atoms with Crippen molar-refractivity contribution >= 4 is 11.8 Å². The summed E-state index contributed by atoms with van der Waals surface area (Å²) in [6.07, 6.45) is 8.97. The van der Waals surface area contributed by atoms with Crippen LogP contribution in [0.25, 0.3) is 0 Å². The van der Waals surface area contributed by atoms with Crippen LogP contribution in [0.4, 0.5) is 0 Å². The molecular weight excluding hydrogens is 218 g/mol. The highest BCUT2D eigenvalue weighted by Crippen LogP contribution is 2.35. The molecule has 0 bridgehead atoms. The first kappa shape index (κ1) is 12.7. The van der Waals surface area contributed by atoms with E-state index in [1.807, 2.05) is 11.8 Å². The van der Waals surface area contributed by atoms with Crippen LogP contribution in [0.15, 0.2) is 0 Å². The lowest BCUT2D eigenvalue weighted by atomic mass is 9.98. The van der Waals surface area contributed by atoms with Gasteiger partial charge in [-0.15, -0.1) is 0 Å². The van der Waals surface area contributed by atoms with E-state index in [-0.39, 0.29) is 0 Å². The van der Waals surface area contributed by atoms with Crippen LogP contribution in [-0.4, -0.2) is 36.8 Å². The Hall–Kier alpha value is 0.270. The number of hydrogen-bond donors (Lipinski definition) is 1. The first-order valence-corrected chi connectivity index (χ1v) is 7.83. The molecule has 3 heteroatoms. The third-order valence-electron chi connectivity index (χ3n) is 3.99. The molecule has 1 atom stereocenters. The number of hydrogen-bond acceptors (Lipinski definition) is 3. The predicted molar refractivity (Wildman–Crippen MR) is 71.1 cm³/mol. The van der Waals surface area contributed by atoms with Gasteiger partial charge >= 0.3 is 0 Å². The van der Waals surface area contributed by atoms with E-state index in [0.717, 1.165) is 25.7 Å². The topological polar surface area (TPSA) is 21.3 Å². The zero-order chi connectivity index (χ0) is 11.4. The lowest BCUT2D eigenvalue weighted by Crippen LogP contribution is -2.45. The summed E-state index contributed by atoms with van der Waals surface area (Å²) < 4.78 is 5.91. The molecule has 0 aromatic rings. The SMILES string of the molecule is CSC1(CNC(C)CC2CC2)CCOCC1. The van der Waals surface area contributed by atoms with Crippen LogP contribution >= 0.6 is 11.8 Å². The standard InChI is InChI=1S/C13H25NOS/c1-11(9-12-3-4-12)14-10-13(16-2)5-7-15-8-6-13/h11-12,14H,3-10H2,1-2H3. The molecule has 1 unspecified atom stereocenters. The minimum Gasteiger partial charge on any atom is -0.381 e. The van der Waals surface area contributed by atoms with E-state index in [1.54, 1.807) is 0 Å². The maximum absolute atomic E-state index is 5.47. The van der Waals surface area contributed by atoms with Crippen molar-refractivity contribution < 1.29 is 4.74 Å². The predicted octanol–water partition coefficient (Wildman–Crippen LogP) is 2.68. The van der Waals surface area contributed by atoms with Crippen LogP contribution in [0.2, 0.25) is 0 Å². The molecule has 2 aliphatic rings. The molecule has 0 amide bonds. The van der Waals surface area contributed by atoms with Crippen LogP contribution < -0.4 is 5.32 Å². The summed E-state index contributed by atoms with van der Waals surface area (Å²) in [6.45, 7) is 5.39. The Kier molecular flexibility index (Phi) is 4.57. The smallest absolute Gasteiger partial charge is 0.0479 e. The Labute approximate surface area is 104 Å². The largest absolute Gasteiger partial charge is 0.381 e. The normalized spacial score (nSPS) is 26.6. The summed E-state index contributed by atoms with van der Waals surface area (Å²) in [5, 5.41) is 3.74. The Morgan fingerprint density at radius 2 is 2.06 bits per heavy atom. The number of rotatable bonds is 6. The van der Waals surface area contributed by atoms with Gasteiger partial charge in [0.1, 0.15) is 0 Å². The van der Waals surface area contributed by atoms with Crippen molar-refractivity contribution in [1.82, 2.24) is 5.32 Å². The van der Waals surface area contributed by atoms with Gasteiger partial charge in [-0.3, -0.25) is 0 Å². The molecule has 2 nitrogen and oxygen atoms in total. The first-order chi connectivity index (χ1) is 7.74. The number of thioether (sulfide) groups is 1. The maximum Gasteiger partial charge on any atom is 0.0479 e. The van der Waals surface area contributed by atoms with Crippen molar-refractivity contribution in [2.75, 3.05) is 26.0 Å². The number of nitrogens with one attached hydrogen (secondary N) is 1. The monoisotopic (exact) mass is 243 g/mol. The highest BCUT2D eigenvalue weighted by molar-refractivity contribution is 8.00. The van der Waals surface area contributed by atoms with Crippen LogP contribution in [0.1, 0.15) is 39.0 Å².